The number of aromatic nitrogens is 1. The van der Waals surface area contributed by atoms with Crippen molar-refractivity contribution in [1.82, 2.24) is 4.98 Å². The van der Waals surface area contributed by atoms with Crippen LogP contribution in [-0.4, -0.2) is 11.6 Å². The van der Waals surface area contributed by atoms with Crippen LogP contribution in [-0.2, 0) is 0 Å². The molecule has 0 aliphatic rings. The van der Waals surface area contributed by atoms with Crippen LogP contribution in [0.2, 0.25) is 0 Å². The first-order chi connectivity index (χ1) is 10.6. The van der Waals surface area contributed by atoms with Gasteiger partial charge in [0.25, 0.3) is 6.43 Å². The molecule has 0 spiro atoms. The molecule has 0 atom stereocenters. The van der Waals surface area contributed by atoms with Crippen LogP contribution in [0.3, 0.4) is 0 Å². The molecule has 2 aromatic rings. The van der Waals surface area contributed by atoms with Gasteiger partial charge in [-0.05, 0) is 24.3 Å². The summed E-state index contributed by atoms with van der Waals surface area (Å²) in [6, 6.07) is 8.54. The van der Waals surface area contributed by atoms with Gasteiger partial charge >= 0.3 is 0 Å². The number of anilines is 1. The van der Waals surface area contributed by atoms with Crippen LogP contribution in [0, 0.1) is 5.82 Å². The summed E-state index contributed by atoms with van der Waals surface area (Å²) in [4.78, 5) is 3.96. The number of nitrogens with one attached hydrogen (secondary N) is 1. The fourth-order valence-corrected chi connectivity index (χ4v) is 1.61. The number of hydrogen-bond donors (Lipinski definition) is 2. The summed E-state index contributed by atoms with van der Waals surface area (Å²) in [5.41, 5.74) is 5.69. The molecule has 0 bridgehead atoms. The Balaban J connectivity index is 1.94. The number of nitrogens with two attached hydrogens (primary N) is 1. The summed E-state index contributed by atoms with van der Waals surface area (Å²) in [5, 5.41) is 2.72. The van der Waals surface area contributed by atoms with Gasteiger partial charge in [-0.3, -0.25) is 0 Å². The summed E-state index contributed by atoms with van der Waals surface area (Å²) in [6.45, 7) is 0.0763. The van der Waals surface area contributed by atoms with Crippen LogP contribution >= 0.6 is 0 Å². The molecule has 7 heteroatoms. The minimum absolute atomic E-state index is 0.0763. The maximum Gasteiger partial charge on any atom is 0.266 e. The Labute approximate surface area is 125 Å². The number of pyridine rings is 1. The Morgan fingerprint density at radius 1 is 1.32 bits per heavy atom. The Hall–Kier alpha value is -2.70. The smallest absolute Gasteiger partial charge is 0.266 e. The van der Waals surface area contributed by atoms with Crippen LogP contribution in [0.25, 0.3) is 0 Å². The van der Waals surface area contributed by atoms with E-state index in [1.54, 1.807) is 24.4 Å². The minimum atomic E-state index is -2.88. The highest BCUT2D eigenvalue weighted by atomic mass is 19.3. The second-order valence-corrected chi connectivity index (χ2v) is 4.36. The van der Waals surface area contributed by atoms with Gasteiger partial charge in [0.2, 0.25) is 5.88 Å². The number of alkyl halides is 2. The largest absolute Gasteiger partial charge is 0.471 e. The lowest BCUT2D eigenvalue weighted by molar-refractivity contribution is 0.146. The number of rotatable bonds is 6. The third-order valence-electron chi connectivity index (χ3n) is 2.68. The van der Waals surface area contributed by atoms with Crippen LogP contribution in [0.15, 0.2) is 54.5 Å². The third kappa shape index (κ3) is 4.41. The Morgan fingerprint density at radius 2 is 2.14 bits per heavy atom. The second kappa shape index (κ2) is 7.35. The number of hydrogen-bond acceptors (Lipinski definition) is 4. The third-order valence-corrected chi connectivity index (χ3v) is 2.68. The van der Waals surface area contributed by atoms with Gasteiger partial charge in [0, 0.05) is 24.2 Å². The fraction of sp³-hybridized carbons (Fsp3) is 0.133. The van der Waals surface area contributed by atoms with E-state index in [-0.39, 0.29) is 6.61 Å². The van der Waals surface area contributed by atoms with Crippen LogP contribution < -0.4 is 15.8 Å². The van der Waals surface area contributed by atoms with Crippen molar-refractivity contribution in [2.75, 3.05) is 11.9 Å². The Morgan fingerprint density at radius 3 is 2.82 bits per heavy atom. The van der Waals surface area contributed by atoms with E-state index in [1.165, 1.54) is 12.3 Å². The molecule has 2 rings (SSSR count). The van der Waals surface area contributed by atoms with Gasteiger partial charge in [0.05, 0.1) is 11.3 Å². The average molecular weight is 309 g/mol. The Kier molecular flexibility index (Phi) is 5.24. The first kappa shape index (κ1) is 15.7. The van der Waals surface area contributed by atoms with Crippen molar-refractivity contribution in [3.05, 3.63) is 65.9 Å². The summed E-state index contributed by atoms with van der Waals surface area (Å²) in [5.74, 6) is -0.531. The number of nitrogens with zero attached hydrogens (tertiary/aromatic N) is 1. The lowest BCUT2D eigenvalue weighted by Crippen LogP contribution is -2.11. The molecule has 0 aliphatic heterocycles. The molecule has 0 saturated heterocycles. The molecule has 0 amide bonds. The Bertz CT molecular complexity index is 648. The number of halogens is 3. The van der Waals surface area contributed by atoms with E-state index in [4.69, 9.17) is 10.5 Å². The standard InChI is InChI=1S/C15H14F3N3O/c16-13-5-4-11(7-12(13)15(17)18)21-8-10(19)9-22-14-3-1-2-6-20-14/h1-8,15,21H,9,19H2/b10-8-. The summed E-state index contributed by atoms with van der Waals surface area (Å²) >= 11 is 0. The molecule has 0 radical (unpaired) electrons. The molecule has 4 nitrogen and oxygen atoms in total. The van der Waals surface area contributed by atoms with E-state index >= 15 is 0 Å². The topological polar surface area (TPSA) is 60.2 Å². The molecule has 0 saturated carbocycles. The molecule has 3 N–H and O–H groups in total. The molecule has 1 aromatic carbocycles. The highest BCUT2D eigenvalue weighted by Crippen LogP contribution is 2.25. The molecular formula is C15H14F3N3O. The minimum Gasteiger partial charge on any atom is -0.471 e. The lowest BCUT2D eigenvalue weighted by Gasteiger charge is -2.08. The van der Waals surface area contributed by atoms with Gasteiger partial charge in [-0.1, -0.05) is 6.07 Å². The van der Waals surface area contributed by atoms with Gasteiger partial charge in [0.1, 0.15) is 12.4 Å². The van der Waals surface area contributed by atoms with Crippen molar-refractivity contribution in [3.63, 3.8) is 0 Å². The monoisotopic (exact) mass is 309 g/mol. The van der Waals surface area contributed by atoms with E-state index in [2.05, 4.69) is 10.3 Å². The van der Waals surface area contributed by atoms with Crippen molar-refractivity contribution < 1.29 is 17.9 Å². The quantitative estimate of drug-likeness (QED) is 0.858. The van der Waals surface area contributed by atoms with E-state index in [0.717, 1.165) is 12.1 Å². The normalized spacial score (nSPS) is 11.5. The number of ether oxygens (including phenoxy) is 1. The first-order valence-corrected chi connectivity index (χ1v) is 6.38. The van der Waals surface area contributed by atoms with Crippen molar-refractivity contribution in [3.8, 4) is 5.88 Å². The van der Waals surface area contributed by atoms with Gasteiger partial charge in [-0.15, -0.1) is 0 Å². The van der Waals surface area contributed by atoms with E-state index in [0.29, 0.717) is 17.3 Å². The summed E-state index contributed by atoms with van der Waals surface area (Å²) in [7, 11) is 0. The van der Waals surface area contributed by atoms with Crippen LogP contribution in [0.5, 0.6) is 5.88 Å². The van der Waals surface area contributed by atoms with E-state index in [1.807, 2.05) is 0 Å². The van der Waals surface area contributed by atoms with Crippen molar-refractivity contribution in [1.29, 1.82) is 0 Å². The van der Waals surface area contributed by atoms with E-state index < -0.39 is 17.8 Å². The maximum atomic E-state index is 13.2. The zero-order valence-electron chi connectivity index (χ0n) is 11.5. The number of benzene rings is 1. The lowest BCUT2D eigenvalue weighted by atomic mass is 10.2. The highest BCUT2D eigenvalue weighted by Gasteiger charge is 2.13. The molecule has 0 fully saturated rings. The molecular weight excluding hydrogens is 295 g/mol. The molecule has 1 heterocycles. The predicted octanol–water partition coefficient (Wildman–Crippen LogP) is 3.45. The molecule has 1 aromatic heterocycles. The van der Waals surface area contributed by atoms with E-state index in [9.17, 15) is 13.2 Å². The molecule has 116 valence electrons. The highest BCUT2D eigenvalue weighted by molar-refractivity contribution is 5.49. The van der Waals surface area contributed by atoms with Crippen molar-refractivity contribution in [2.24, 2.45) is 5.73 Å². The first-order valence-electron chi connectivity index (χ1n) is 6.38. The molecule has 22 heavy (non-hydrogen) atoms. The van der Waals surface area contributed by atoms with Gasteiger partial charge in [0.15, 0.2) is 0 Å². The maximum absolute atomic E-state index is 13.2. The van der Waals surface area contributed by atoms with Gasteiger partial charge in [-0.2, -0.15) is 0 Å². The van der Waals surface area contributed by atoms with Crippen LogP contribution in [0.4, 0.5) is 18.9 Å². The summed E-state index contributed by atoms with van der Waals surface area (Å²) in [6.07, 6.45) is 0.0964. The average Bonchev–Trinajstić information content (AvgIpc) is 2.53. The SMILES string of the molecule is N/C(=C\Nc1ccc(F)c(C(F)F)c1)COc1ccccn1. The molecule has 0 unspecified atom stereocenters. The molecule has 0 aliphatic carbocycles. The summed E-state index contributed by atoms with van der Waals surface area (Å²) < 4.78 is 43.6. The van der Waals surface area contributed by atoms with Crippen LogP contribution in [0.1, 0.15) is 12.0 Å². The predicted molar refractivity (Wildman–Crippen MR) is 77.0 cm³/mol. The zero-order valence-corrected chi connectivity index (χ0v) is 11.5. The van der Waals surface area contributed by atoms with Gasteiger partial charge < -0.3 is 15.8 Å². The van der Waals surface area contributed by atoms with Crippen molar-refractivity contribution in [2.45, 2.75) is 6.43 Å². The zero-order chi connectivity index (χ0) is 15.9. The van der Waals surface area contributed by atoms with Gasteiger partial charge in [-0.25, -0.2) is 18.2 Å². The fourth-order valence-electron chi connectivity index (χ4n) is 1.61. The van der Waals surface area contributed by atoms with Crippen molar-refractivity contribution >= 4 is 5.69 Å². The second-order valence-electron chi connectivity index (χ2n) is 4.36.